The van der Waals surface area contributed by atoms with Gasteiger partial charge in [-0.2, -0.15) is 0 Å². The maximum absolute atomic E-state index is 12.8. The van der Waals surface area contributed by atoms with E-state index in [4.69, 9.17) is 4.74 Å². The Morgan fingerprint density at radius 2 is 1.73 bits per heavy atom. The lowest BCUT2D eigenvalue weighted by atomic mass is 10.0. The number of benzene rings is 2. The van der Waals surface area contributed by atoms with E-state index in [-0.39, 0.29) is 23.4 Å². The third kappa shape index (κ3) is 6.27. The van der Waals surface area contributed by atoms with Crippen molar-refractivity contribution in [3.05, 3.63) is 88.1 Å². The summed E-state index contributed by atoms with van der Waals surface area (Å²) in [7, 11) is -3.65. The van der Waals surface area contributed by atoms with Crippen LogP contribution in [0.2, 0.25) is 0 Å². The van der Waals surface area contributed by atoms with E-state index in [9.17, 15) is 13.2 Å². The van der Waals surface area contributed by atoms with Crippen LogP contribution < -0.4 is 10.0 Å². The Bertz CT molecular complexity index is 1130. The highest BCUT2D eigenvalue weighted by molar-refractivity contribution is 7.89. The number of carbonyl (C=O) groups excluding carboxylic acids is 1. The van der Waals surface area contributed by atoms with Gasteiger partial charge in [-0.1, -0.05) is 36.4 Å². The maximum atomic E-state index is 12.8. The van der Waals surface area contributed by atoms with Crippen molar-refractivity contribution in [2.24, 2.45) is 0 Å². The summed E-state index contributed by atoms with van der Waals surface area (Å²) in [5.41, 5.74) is 1.55. The van der Waals surface area contributed by atoms with Crippen molar-refractivity contribution >= 4 is 27.3 Å². The summed E-state index contributed by atoms with van der Waals surface area (Å²) >= 11 is 1.49. The average molecular weight is 486 g/mol. The van der Waals surface area contributed by atoms with Crippen molar-refractivity contribution in [1.29, 1.82) is 0 Å². The quantitative estimate of drug-likeness (QED) is 0.487. The summed E-state index contributed by atoms with van der Waals surface area (Å²) in [5, 5.41) is 4.91. The predicted molar refractivity (Wildman–Crippen MR) is 129 cm³/mol. The molecule has 1 unspecified atom stereocenters. The number of nitrogens with zero attached hydrogens (tertiary/aromatic N) is 1. The first-order chi connectivity index (χ1) is 16.0. The zero-order valence-electron chi connectivity index (χ0n) is 18.1. The molecule has 9 heteroatoms. The molecule has 1 amide bonds. The van der Waals surface area contributed by atoms with Crippen molar-refractivity contribution in [3.8, 4) is 0 Å². The van der Waals surface area contributed by atoms with E-state index in [0.717, 1.165) is 23.5 Å². The first-order valence-corrected chi connectivity index (χ1v) is 13.2. The fourth-order valence-electron chi connectivity index (χ4n) is 3.76. The molecule has 2 heterocycles. The highest BCUT2D eigenvalue weighted by Gasteiger charge is 2.23. The van der Waals surface area contributed by atoms with Crippen LogP contribution in [-0.2, 0) is 21.3 Å². The van der Waals surface area contributed by atoms with Crippen molar-refractivity contribution < 1.29 is 17.9 Å². The number of thiophene rings is 1. The Balaban J connectivity index is 1.39. The first-order valence-electron chi connectivity index (χ1n) is 10.8. The van der Waals surface area contributed by atoms with Gasteiger partial charge in [-0.25, -0.2) is 13.1 Å². The number of ether oxygens (including phenoxy) is 1. The molecule has 1 atom stereocenters. The highest BCUT2D eigenvalue weighted by atomic mass is 32.2. The molecule has 4 rings (SSSR count). The van der Waals surface area contributed by atoms with Gasteiger partial charge < -0.3 is 10.1 Å². The van der Waals surface area contributed by atoms with Gasteiger partial charge in [0.2, 0.25) is 10.0 Å². The molecule has 0 spiro atoms. The van der Waals surface area contributed by atoms with E-state index in [1.807, 2.05) is 35.7 Å². The minimum Gasteiger partial charge on any atom is -0.379 e. The molecule has 0 bridgehead atoms. The van der Waals surface area contributed by atoms with Crippen LogP contribution in [0.5, 0.6) is 0 Å². The van der Waals surface area contributed by atoms with Gasteiger partial charge in [0.05, 0.1) is 24.2 Å². The second-order valence-corrected chi connectivity index (χ2v) is 10.5. The molecule has 1 saturated heterocycles. The molecular formula is C24H27N3O4S2. The van der Waals surface area contributed by atoms with Crippen LogP contribution in [0.25, 0.3) is 0 Å². The number of morpholine rings is 1. The lowest BCUT2D eigenvalue weighted by molar-refractivity contribution is 0.0162. The summed E-state index contributed by atoms with van der Waals surface area (Å²) in [6.07, 6.45) is 0. The van der Waals surface area contributed by atoms with Gasteiger partial charge in [-0.15, -0.1) is 11.3 Å². The van der Waals surface area contributed by atoms with Crippen LogP contribution in [0.3, 0.4) is 0 Å². The van der Waals surface area contributed by atoms with Crippen LogP contribution in [0.4, 0.5) is 0 Å². The maximum Gasteiger partial charge on any atom is 0.251 e. The minimum absolute atomic E-state index is 0.0418. The van der Waals surface area contributed by atoms with Gasteiger partial charge in [0.15, 0.2) is 0 Å². The molecule has 1 fully saturated rings. The molecule has 0 radical (unpaired) electrons. The monoisotopic (exact) mass is 485 g/mol. The van der Waals surface area contributed by atoms with E-state index in [2.05, 4.69) is 27.1 Å². The zero-order chi connectivity index (χ0) is 23.1. The average Bonchev–Trinajstić information content (AvgIpc) is 3.38. The SMILES string of the molecule is O=C(NCC(c1ccccc1)N1CCOCC1)c1ccc(S(=O)(=O)NCc2cccs2)cc1. The van der Waals surface area contributed by atoms with Crippen LogP contribution in [0.1, 0.15) is 26.8 Å². The third-order valence-electron chi connectivity index (χ3n) is 5.57. The van der Waals surface area contributed by atoms with Crippen LogP contribution in [0.15, 0.2) is 77.0 Å². The second kappa shape index (κ2) is 11.0. The molecule has 174 valence electrons. The number of nitrogens with one attached hydrogen (secondary N) is 2. The molecule has 0 aliphatic carbocycles. The first kappa shape index (κ1) is 23.6. The van der Waals surface area contributed by atoms with Gasteiger partial charge in [-0.3, -0.25) is 9.69 Å². The van der Waals surface area contributed by atoms with E-state index in [1.165, 1.54) is 23.5 Å². The zero-order valence-corrected chi connectivity index (χ0v) is 19.8. The number of hydrogen-bond acceptors (Lipinski definition) is 6. The van der Waals surface area contributed by atoms with Crippen molar-refractivity contribution in [1.82, 2.24) is 14.9 Å². The number of sulfonamides is 1. The van der Waals surface area contributed by atoms with Crippen molar-refractivity contribution in [2.75, 3.05) is 32.8 Å². The summed E-state index contributed by atoms with van der Waals surface area (Å²) in [5.74, 6) is -0.236. The Morgan fingerprint density at radius 3 is 2.39 bits per heavy atom. The lowest BCUT2D eigenvalue weighted by Gasteiger charge is -2.35. The van der Waals surface area contributed by atoms with E-state index in [1.54, 1.807) is 12.1 Å². The lowest BCUT2D eigenvalue weighted by Crippen LogP contribution is -2.43. The van der Waals surface area contributed by atoms with Gasteiger partial charge in [0.1, 0.15) is 0 Å². The Morgan fingerprint density at radius 1 is 1.00 bits per heavy atom. The summed E-state index contributed by atoms with van der Waals surface area (Å²) in [6.45, 7) is 3.65. The Kier molecular flexibility index (Phi) is 7.89. The molecule has 7 nitrogen and oxygen atoms in total. The van der Waals surface area contributed by atoms with Crippen LogP contribution in [-0.4, -0.2) is 52.1 Å². The number of carbonyl (C=O) groups is 1. The van der Waals surface area contributed by atoms with Crippen molar-refractivity contribution in [3.63, 3.8) is 0 Å². The van der Waals surface area contributed by atoms with Crippen molar-refractivity contribution in [2.45, 2.75) is 17.5 Å². The van der Waals surface area contributed by atoms with Gasteiger partial charge >= 0.3 is 0 Å². The summed E-state index contributed by atoms with van der Waals surface area (Å²) in [6, 6.07) is 19.9. The number of hydrogen-bond donors (Lipinski definition) is 2. The topological polar surface area (TPSA) is 87.7 Å². The van der Waals surface area contributed by atoms with Gasteiger partial charge in [0, 0.05) is 36.6 Å². The fraction of sp³-hybridized carbons (Fsp3) is 0.292. The molecule has 3 aromatic rings. The Hall–Kier alpha value is -2.56. The summed E-state index contributed by atoms with van der Waals surface area (Å²) < 4.78 is 33.1. The second-order valence-electron chi connectivity index (χ2n) is 7.71. The normalized spacial score (nSPS) is 15.8. The van der Waals surface area contributed by atoms with E-state index >= 15 is 0 Å². The third-order valence-corrected chi connectivity index (χ3v) is 7.86. The van der Waals surface area contributed by atoms with Gasteiger partial charge in [0.25, 0.3) is 5.91 Å². The molecule has 33 heavy (non-hydrogen) atoms. The van der Waals surface area contributed by atoms with Crippen LogP contribution >= 0.6 is 11.3 Å². The smallest absolute Gasteiger partial charge is 0.251 e. The highest BCUT2D eigenvalue weighted by Crippen LogP contribution is 2.21. The fourth-order valence-corrected chi connectivity index (χ4v) is 5.50. The molecule has 1 aliphatic rings. The number of amides is 1. The summed E-state index contributed by atoms with van der Waals surface area (Å²) in [4.78, 5) is 16.2. The molecule has 1 aromatic heterocycles. The van der Waals surface area contributed by atoms with E-state index < -0.39 is 10.0 Å². The predicted octanol–water partition coefficient (Wildman–Crippen LogP) is 3.03. The Labute approximate surface area is 198 Å². The molecule has 2 aromatic carbocycles. The standard InChI is InChI=1S/C24H27N3O4S2/c28-24(25-18-23(19-5-2-1-3-6-19)27-12-14-31-15-13-27)20-8-10-22(11-9-20)33(29,30)26-17-21-7-4-16-32-21/h1-11,16,23,26H,12-15,17-18H2,(H,25,28). The minimum atomic E-state index is -3.65. The molecule has 0 saturated carbocycles. The molecule has 1 aliphatic heterocycles. The molecular weight excluding hydrogens is 458 g/mol. The van der Waals surface area contributed by atoms with Gasteiger partial charge in [-0.05, 0) is 41.3 Å². The molecule has 2 N–H and O–H groups in total. The largest absolute Gasteiger partial charge is 0.379 e. The number of rotatable bonds is 9. The van der Waals surface area contributed by atoms with Crippen LogP contribution in [0, 0.1) is 0 Å². The van der Waals surface area contributed by atoms with E-state index in [0.29, 0.717) is 25.3 Å².